The standard InChI is InChI=1S/C20H12ClNO5/c1-9(23)26-11-7-14-16(15(8-11)27-10(2)24)20(21)22-18-12-5-3-4-6-13(12)19(25)17(14)18/h3-8H,1-2H3. The summed E-state index contributed by atoms with van der Waals surface area (Å²) in [5.74, 6) is -1.14. The van der Waals surface area contributed by atoms with Crippen LogP contribution in [0.3, 0.4) is 0 Å². The number of carbonyl (C=O) groups is 3. The van der Waals surface area contributed by atoms with E-state index in [0.717, 1.165) is 0 Å². The van der Waals surface area contributed by atoms with Crippen molar-refractivity contribution in [2.75, 3.05) is 0 Å². The third-order valence-corrected chi connectivity index (χ3v) is 4.44. The van der Waals surface area contributed by atoms with Crippen molar-refractivity contribution < 1.29 is 23.9 Å². The average Bonchev–Trinajstić information content (AvgIpc) is 2.86. The fraction of sp³-hybridized carbons (Fsp3) is 0.100. The van der Waals surface area contributed by atoms with Gasteiger partial charge in [-0.25, -0.2) is 4.98 Å². The summed E-state index contributed by atoms with van der Waals surface area (Å²) in [7, 11) is 0. The van der Waals surface area contributed by atoms with Crippen LogP contribution in [0, 0.1) is 0 Å². The molecule has 6 nitrogen and oxygen atoms in total. The Bertz CT molecular complexity index is 1170. The Labute approximate surface area is 158 Å². The van der Waals surface area contributed by atoms with E-state index in [4.69, 9.17) is 21.1 Å². The van der Waals surface area contributed by atoms with Crippen molar-refractivity contribution in [1.82, 2.24) is 4.98 Å². The summed E-state index contributed by atoms with van der Waals surface area (Å²) in [5.41, 5.74) is 1.96. The van der Waals surface area contributed by atoms with Crippen molar-refractivity contribution in [1.29, 1.82) is 0 Å². The molecule has 3 aromatic rings. The molecule has 2 aromatic carbocycles. The monoisotopic (exact) mass is 381 g/mol. The van der Waals surface area contributed by atoms with Gasteiger partial charge < -0.3 is 9.47 Å². The summed E-state index contributed by atoms with van der Waals surface area (Å²) < 4.78 is 10.4. The van der Waals surface area contributed by atoms with Gasteiger partial charge in [0.05, 0.1) is 16.6 Å². The van der Waals surface area contributed by atoms with Gasteiger partial charge in [-0.15, -0.1) is 0 Å². The van der Waals surface area contributed by atoms with Gasteiger partial charge in [-0.3, -0.25) is 14.4 Å². The quantitative estimate of drug-likeness (QED) is 0.297. The van der Waals surface area contributed by atoms with Gasteiger partial charge in [0.2, 0.25) is 0 Å². The van der Waals surface area contributed by atoms with Crippen LogP contribution in [0.5, 0.6) is 11.5 Å². The van der Waals surface area contributed by atoms with E-state index in [1.807, 2.05) is 0 Å². The summed E-state index contributed by atoms with van der Waals surface area (Å²) in [6, 6.07) is 9.97. The van der Waals surface area contributed by atoms with Gasteiger partial charge in [0.1, 0.15) is 16.7 Å². The van der Waals surface area contributed by atoms with Gasteiger partial charge in [-0.05, 0) is 6.07 Å². The normalized spacial score (nSPS) is 11.9. The van der Waals surface area contributed by atoms with Gasteiger partial charge in [0, 0.05) is 36.4 Å². The minimum atomic E-state index is -0.581. The van der Waals surface area contributed by atoms with Gasteiger partial charge in [0.25, 0.3) is 0 Å². The molecule has 1 aliphatic rings. The molecule has 27 heavy (non-hydrogen) atoms. The van der Waals surface area contributed by atoms with E-state index >= 15 is 0 Å². The second-order valence-corrected chi connectivity index (χ2v) is 6.39. The molecule has 4 rings (SSSR count). The molecule has 0 aliphatic heterocycles. The smallest absolute Gasteiger partial charge is 0.308 e. The third kappa shape index (κ3) is 2.74. The number of fused-ring (bicyclic) bond motifs is 5. The lowest BCUT2D eigenvalue weighted by molar-refractivity contribution is -0.132. The van der Waals surface area contributed by atoms with E-state index in [1.54, 1.807) is 24.3 Å². The van der Waals surface area contributed by atoms with Gasteiger partial charge in [0.15, 0.2) is 5.78 Å². The van der Waals surface area contributed by atoms with Crippen LogP contribution in [0.4, 0.5) is 0 Å². The van der Waals surface area contributed by atoms with Gasteiger partial charge in [-0.1, -0.05) is 35.9 Å². The minimum Gasteiger partial charge on any atom is -0.427 e. The highest BCUT2D eigenvalue weighted by molar-refractivity contribution is 6.37. The summed E-state index contributed by atoms with van der Waals surface area (Å²) in [4.78, 5) is 40.3. The molecule has 1 aromatic heterocycles. The Morgan fingerprint density at radius 1 is 1.00 bits per heavy atom. The molecule has 0 N–H and O–H groups in total. The van der Waals surface area contributed by atoms with E-state index < -0.39 is 11.9 Å². The fourth-order valence-corrected chi connectivity index (χ4v) is 3.52. The van der Waals surface area contributed by atoms with Crippen molar-refractivity contribution in [2.24, 2.45) is 0 Å². The first-order valence-corrected chi connectivity index (χ1v) is 8.43. The number of nitrogens with zero attached hydrogens (tertiary/aromatic N) is 1. The van der Waals surface area contributed by atoms with Gasteiger partial charge in [-0.2, -0.15) is 0 Å². The highest BCUT2D eigenvalue weighted by Crippen LogP contribution is 2.45. The fourth-order valence-electron chi connectivity index (χ4n) is 3.24. The molecule has 1 aliphatic carbocycles. The molecule has 0 radical (unpaired) electrons. The minimum absolute atomic E-state index is 0.0697. The Morgan fingerprint density at radius 3 is 2.33 bits per heavy atom. The predicted octanol–water partition coefficient (Wildman–Crippen LogP) is 3.95. The second-order valence-electron chi connectivity index (χ2n) is 6.03. The van der Waals surface area contributed by atoms with E-state index in [2.05, 4.69) is 4.98 Å². The number of rotatable bonds is 2. The lowest BCUT2D eigenvalue weighted by Gasteiger charge is -2.13. The van der Waals surface area contributed by atoms with Crippen molar-refractivity contribution in [3.05, 3.63) is 52.7 Å². The van der Waals surface area contributed by atoms with Crippen LogP contribution in [0.1, 0.15) is 29.8 Å². The zero-order valence-electron chi connectivity index (χ0n) is 14.3. The van der Waals surface area contributed by atoms with Crippen LogP contribution >= 0.6 is 11.6 Å². The summed E-state index contributed by atoms with van der Waals surface area (Å²) in [6.45, 7) is 2.49. The summed E-state index contributed by atoms with van der Waals surface area (Å²) >= 11 is 6.38. The molecule has 0 saturated heterocycles. The Kier molecular flexibility index (Phi) is 3.93. The molecule has 1 heterocycles. The van der Waals surface area contributed by atoms with Crippen molar-refractivity contribution >= 4 is 40.1 Å². The Balaban J connectivity index is 2.09. The van der Waals surface area contributed by atoms with Crippen LogP contribution in [0.2, 0.25) is 5.15 Å². The zero-order valence-corrected chi connectivity index (χ0v) is 15.1. The molecule has 0 spiro atoms. The number of ketones is 1. The number of pyridine rings is 1. The number of aromatic nitrogens is 1. The summed E-state index contributed by atoms with van der Waals surface area (Å²) in [5, 5.41) is 0.794. The first kappa shape index (κ1) is 17.2. The molecular formula is C20H12ClNO5. The summed E-state index contributed by atoms with van der Waals surface area (Å²) in [6.07, 6.45) is 0. The topological polar surface area (TPSA) is 82.6 Å². The predicted molar refractivity (Wildman–Crippen MR) is 98.2 cm³/mol. The number of benzene rings is 2. The van der Waals surface area contributed by atoms with Crippen LogP contribution < -0.4 is 9.47 Å². The molecular weight excluding hydrogens is 370 g/mol. The second kappa shape index (κ2) is 6.17. The van der Waals surface area contributed by atoms with Crippen LogP contribution in [0.25, 0.3) is 22.0 Å². The number of esters is 2. The first-order valence-electron chi connectivity index (χ1n) is 8.05. The Morgan fingerprint density at radius 2 is 1.67 bits per heavy atom. The molecule has 134 valence electrons. The Hall–Kier alpha value is -3.25. The van der Waals surface area contributed by atoms with Crippen molar-refractivity contribution in [2.45, 2.75) is 13.8 Å². The van der Waals surface area contributed by atoms with Gasteiger partial charge >= 0.3 is 11.9 Å². The first-order chi connectivity index (χ1) is 12.9. The molecule has 0 saturated carbocycles. The molecule has 0 bridgehead atoms. The molecule has 0 amide bonds. The zero-order chi connectivity index (χ0) is 19.3. The maximum atomic E-state index is 13.0. The van der Waals surface area contributed by atoms with Crippen LogP contribution in [-0.4, -0.2) is 22.7 Å². The molecule has 0 fully saturated rings. The van der Waals surface area contributed by atoms with E-state index in [9.17, 15) is 14.4 Å². The van der Waals surface area contributed by atoms with E-state index in [1.165, 1.54) is 26.0 Å². The molecule has 7 heteroatoms. The molecule has 0 atom stereocenters. The molecule has 0 unspecified atom stereocenters. The highest BCUT2D eigenvalue weighted by Gasteiger charge is 2.32. The lowest BCUT2D eigenvalue weighted by Crippen LogP contribution is -2.06. The van der Waals surface area contributed by atoms with Crippen LogP contribution in [0.15, 0.2) is 36.4 Å². The SMILES string of the molecule is CC(=O)Oc1cc(OC(C)=O)c2c(Cl)nc3c(c2c1)C(=O)c1ccccc1-3. The van der Waals surface area contributed by atoms with Crippen LogP contribution in [-0.2, 0) is 9.59 Å². The number of ether oxygens (including phenoxy) is 2. The number of halogens is 1. The average molecular weight is 382 g/mol. The number of carbonyl (C=O) groups excluding carboxylic acids is 3. The number of hydrogen-bond donors (Lipinski definition) is 0. The van der Waals surface area contributed by atoms with Crippen molar-refractivity contribution in [3.8, 4) is 22.8 Å². The maximum absolute atomic E-state index is 13.0. The lowest BCUT2D eigenvalue weighted by atomic mass is 10.0. The van der Waals surface area contributed by atoms with E-state index in [-0.39, 0.29) is 22.4 Å². The van der Waals surface area contributed by atoms with Crippen molar-refractivity contribution in [3.63, 3.8) is 0 Å². The van der Waals surface area contributed by atoms with E-state index in [0.29, 0.717) is 33.2 Å². The third-order valence-electron chi connectivity index (χ3n) is 4.17. The highest BCUT2D eigenvalue weighted by atomic mass is 35.5. The largest absolute Gasteiger partial charge is 0.427 e. The number of hydrogen-bond acceptors (Lipinski definition) is 6. The maximum Gasteiger partial charge on any atom is 0.308 e.